The van der Waals surface area contributed by atoms with Gasteiger partial charge in [0.1, 0.15) is 11.5 Å². The van der Waals surface area contributed by atoms with E-state index in [2.05, 4.69) is 4.72 Å². The van der Waals surface area contributed by atoms with E-state index in [0.717, 1.165) is 25.0 Å². The fourth-order valence-corrected chi connectivity index (χ4v) is 6.95. The number of hydrogen-bond donors (Lipinski definition) is 2. The SMILES string of the molecule is COc1ccc(S(=O)(=O)Nc2ccc3c(c2)C(=O)N([C@@H](C)CO)C[C@H](C)[C@@H](CN(C)Cc2ccc(C(F)(F)F)cc2)OCCCC[C@@H](C)O3)cc1. The van der Waals surface area contributed by atoms with Crippen LogP contribution >= 0.6 is 0 Å². The normalized spacial score (nSPS) is 20.2. The van der Waals surface area contributed by atoms with E-state index in [1.54, 1.807) is 19.1 Å². The fraction of sp³-hybridized carbons (Fsp3) is 0.486. The van der Waals surface area contributed by atoms with Crippen molar-refractivity contribution in [3.05, 3.63) is 83.4 Å². The van der Waals surface area contributed by atoms with E-state index >= 15 is 0 Å². The van der Waals surface area contributed by atoms with Crippen molar-refractivity contribution >= 4 is 21.6 Å². The Kier molecular flexibility index (Phi) is 13.8. The van der Waals surface area contributed by atoms with Gasteiger partial charge in [0, 0.05) is 37.8 Å². The minimum absolute atomic E-state index is 0.0123. The van der Waals surface area contributed by atoms with Crippen molar-refractivity contribution in [2.45, 2.75) is 75.9 Å². The molecule has 51 heavy (non-hydrogen) atoms. The average Bonchev–Trinajstić information content (AvgIpc) is 3.09. The number of aliphatic hydroxyl groups excluding tert-OH is 1. The molecule has 0 saturated carbocycles. The molecule has 0 bridgehead atoms. The van der Waals surface area contributed by atoms with Gasteiger partial charge < -0.3 is 24.2 Å². The number of carbonyl (C=O) groups is 1. The molecule has 0 unspecified atom stereocenters. The largest absolute Gasteiger partial charge is 0.497 e. The molecular weight excluding hydrogens is 687 g/mol. The van der Waals surface area contributed by atoms with E-state index in [-0.39, 0.29) is 47.4 Å². The number of anilines is 1. The number of hydrogen-bond acceptors (Lipinski definition) is 8. The van der Waals surface area contributed by atoms with Crippen LogP contribution in [0.25, 0.3) is 0 Å². The van der Waals surface area contributed by atoms with Crippen molar-refractivity contribution in [2.75, 3.05) is 45.2 Å². The zero-order chi connectivity index (χ0) is 37.3. The van der Waals surface area contributed by atoms with Crippen LogP contribution in [0.15, 0.2) is 71.6 Å². The number of sulfonamides is 1. The van der Waals surface area contributed by atoms with Crippen LogP contribution in [-0.2, 0) is 27.5 Å². The summed E-state index contributed by atoms with van der Waals surface area (Å²) in [7, 11) is -0.672. The van der Waals surface area contributed by atoms with Gasteiger partial charge in [0.05, 0.1) is 48.0 Å². The highest BCUT2D eigenvalue weighted by atomic mass is 32.2. The summed E-state index contributed by atoms with van der Waals surface area (Å²) in [6.45, 7) is 6.73. The summed E-state index contributed by atoms with van der Waals surface area (Å²) in [6.07, 6.45) is -2.81. The molecule has 0 aliphatic carbocycles. The number of halogens is 3. The van der Waals surface area contributed by atoms with Crippen LogP contribution in [0.3, 0.4) is 0 Å². The first kappa shape index (κ1) is 39.9. The fourth-order valence-electron chi connectivity index (χ4n) is 5.90. The minimum atomic E-state index is -4.41. The topological polar surface area (TPSA) is 118 Å². The summed E-state index contributed by atoms with van der Waals surface area (Å²) in [5, 5.41) is 10.2. The zero-order valence-corrected chi connectivity index (χ0v) is 30.5. The van der Waals surface area contributed by atoms with E-state index in [0.29, 0.717) is 43.2 Å². The molecule has 3 aromatic rings. The Labute approximate surface area is 298 Å². The van der Waals surface area contributed by atoms with Crippen LogP contribution in [-0.4, -0.2) is 87.9 Å². The minimum Gasteiger partial charge on any atom is -0.497 e. The van der Waals surface area contributed by atoms with E-state index in [9.17, 15) is 31.5 Å². The van der Waals surface area contributed by atoms with Crippen molar-refractivity contribution < 1.29 is 45.7 Å². The second-order valence-corrected chi connectivity index (χ2v) is 14.9. The van der Waals surface area contributed by atoms with Crippen LogP contribution in [0, 0.1) is 5.92 Å². The molecule has 1 aliphatic rings. The van der Waals surface area contributed by atoms with Gasteiger partial charge in [0.25, 0.3) is 15.9 Å². The van der Waals surface area contributed by atoms with Gasteiger partial charge in [-0.25, -0.2) is 8.42 Å². The summed E-state index contributed by atoms with van der Waals surface area (Å²) in [5.74, 6) is 0.109. The quantitative estimate of drug-likeness (QED) is 0.245. The summed E-state index contributed by atoms with van der Waals surface area (Å²) in [5.41, 5.74) is 0.306. The molecule has 14 heteroatoms. The predicted octanol–water partition coefficient (Wildman–Crippen LogP) is 6.44. The van der Waals surface area contributed by atoms with Crippen molar-refractivity contribution in [1.82, 2.24) is 9.80 Å². The number of carbonyl (C=O) groups excluding carboxylic acids is 1. The van der Waals surface area contributed by atoms with Crippen LogP contribution in [0.4, 0.5) is 18.9 Å². The van der Waals surface area contributed by atoms with Crippen molar-refractivity contribution in [2.24, 2.45) is 5.92 Å². The van der Waals surface area contributed by atoms with Gasteiger partial charge in [0.15, 0.2) is 0 Å². The number of amides is 1. The number of ether oxygens (including phenoxy) is 3. The third-order valence-corrected chi connectivity index (χ3v) is 10.3. The van der Waals surface area contributed by atoms with E-state index in [1.165, 1.54) is 54.5 Å². The standard InChI is InChI=1S/C37H48F3N3O7S/c1-25-21-43(26(2)24-44)36(45)33-20-30(41-51(46,47)32-16-14-31(48-5)15-17-32)13-18-34(33)50-27(3)8-6-7-19-49-35(25)23-42(4)22-28-9-11-29(12-10-28)37(38,39)40/h9-18,20,25-27,35,41,44H,6-8,19,21-24H2,1-5H3/t25-,26-,27+,35+/m0/s1. The van der Waals surface area contributed by atoms with Gasteiger partial charge in [-0.3, -0.25) is 14.4 Å². The van der Waals surface area contributed by atoms with Crippen LogP contribution in [0.2, 0.25) is 0 Å². The third kappa shape index (κ3) is 11.1. The monoisotopic (exact) mass is 735 g/mol. The highest BCUT2D eigenvalue weighted by Crippen LogP contribution is 2.31. The Bertz CT molecular complexity index is 1690. The second kappa shape index (κ2) is 17.6. The van der Waals surface area contributed by atoms with Gasteiger partial charge in [-0.05, 0) is 100 Å². The van der Waals surface area contributed by atoms with Crippen molar-refractivity contribution in [3.8, 4) is 11.5 Å². The van der Waals surface area contributed by atoms with Crippen LogP contribution in [0.5, 0.6) is 11.5 Å². The first-order chi connectivity index (χ1) is 24.1. The number of methoxy groups -OCH3 is 1. The molecule has 10 nitrogen and oxygen atoms in total. The molecule has 4 atom stereocenters. The van der Waals surface area contributed by atoms with Crippen LogP contribution < -0.4 is 14.2 Å². The maximum atomic E-state index is 14.4. The first-order valence-electron chi connectivity index (χ1n) is 17.0. The number of alkyl halides is 3. The molecule has 0 spiro atoms. The Morgan fingerprint density at radius 1 is 1.06 bits per heavy atom. The smallest absolute Gasteiger partial charge is 0.416 e. The number of fused-ring (bicyclic) bond motifs is 1. The number of rotatable bonds is 10. The molecule has 0 saturated heterocycles. The lowest BCUT2D eigenvalue weighted by Gasteiger charge is -2.36. The highest BCUT2D eigenvalue weighted by molar-refractivity contribution is 7.92. The van der Waals surface area contributed by atoms with Gasteiger partial charge >= 0.3 is 6.18 Å². The Morgan fingerprint density at radius 3 is 2.37 bits per heavy atom. The second-order valence-electron chi connectivity index (χ2n) is 13.2. The maximum Gasteiger partial charge on any atom is 0.416 e. The maximum absolute atomic E-state index is 14.4. The molecule has 0 radical (unpaired) electrons. The Hall–Kier alpha value is -3.85. The Balaban J connectivity index is 1.61. The number of benzene rings is 3. The number of nitrogens with zero attached hydrogens (tertiary/aromatic N) is 2. The van der Waals surface area contributed by atoms with E-state index in [4.69, 9.17) is 14.2 Å². The first-order valence-corrected chi connectivity index (χ1v) is 18.4. The van der Waals surface area contributed by atoms with Gasteiger partial charge in [0.2, 0.25) is 0 Å². The lowest BCUT2D eigenvalue weighted by Crippen LogP contribution is -2.47. The number of aliphatic hydroxyl groups is 1. The molecule has 2 N–H and O–H groups in total. The van der Waals surface area contributed by atoms with Gasteiger partial charge in [-0.2, -0.15) is 13.2 Å². The number of likely N-dealkylation sites (N-methyl/N-ethyl adjacent to an activating group) is 1. The highest BCUT2D eigenvalue weighted by Gasteiger charge is 2.32. The molecule has 0 aromatic heterocycles. The predicted molar refractivity (Wildman–Crippen MR) is 188 cm³/mol. The molecular formula is C37H48F3N3O7S. The Morgan fingerprint density at radius 2 is 1.75 bits per heavy atom. The average molecular weight is 736 g/mol. The molecule has 1 amide bonds. The summed E-state index contributed by atoms with van der Waals surface area (Å²) >= 11 is 0. The van der Waals surface area contributed by atoms with Crippen molar-refractivity contribution in [1.29, 1.82) is 0 Å². The van der Waals surface area contributed by atoms with E-state index < -0.39 is 33.7 Å². The van der Waals surface area contributed by atoms with Crippen molar-refractivity contribution in [3.63, 3.8) is 0 Å². The lowest BCUT2D eigenvalue weighted by molar-refractivity contribution is -0.137. The van der Waals surface area contributed by atoms with E-state index in [1.807, 2.05) is 25.8 Å². The summed E-state index contributed by atoms with van der Waals surface area (Å²) in [6, 6.07) is 14.9. The molecule has 280 valence electrons. The summed E-state index contributed by atoms with van der Waals surface area (Å²) < 4.78 is 86.1. The number of nitrogens with one attached hydrogen (secondary N) is 1. The molecule has 4 rings (SSSR count). The molecule has 0 fully saturated rings. The van der Waals surface area contributed by atoms with Gasteiger partial charge in [-0.15, -0.1) is 0 Å². The molecule has 1 aliphatic heterocycles. The molecule has 1 heterocycles. The zero-order valence-electron chi connectivity index (χ0n) is 29.7. The lowest BCUT2D eigenvalue weighted by atomic mass is 10.0. The summed E-state index contributed by atoms with van der Waals surface area (Å²) in [4.78, 5) is 17.9. The van der Waals surface area contributed by atoms with Crippen LogP contribution in [0.1, 0.15) is 61.5 Å². The third-order valence-electron chi connectivity index (χ3n) is 8.90. The van der Waals surface area contributed by atoms with Gasteiger partial charge in [-0.1, -0.05) is 19.1 Å². The molecule has 3 aromatic carbocycles.